The van der Waals surface area contributed by atoms with E-state index in [1.807, 2.05) is 0 Å². The zero-order valence-corrected chi connectivity index (χ0v) is 26.8. The molecule has 50 heavy (non-hydrogen) atoms. The molecular weight excluding hydrogens is 609 g/mol. The van der Waals surface area contributed by atoms with E-state index < -0.39 is 0 Å². The molecule has 12 rings (SSSR count). The Morgan fingerprint density at radius 1 is 0.420 bits per heavy atom. The summed E-state index contributed by atoms with van der Waals surface area (Å²) in [6, 6.07) is 56.8. The molecule has 0 aliphatic carbocycles. The summed E-state index contributed by atoms with van der Waals surface area (Å²) in [6.07, 6.45) is 0. The Balaban J connectivity index is 1.30. The predicted octanol–water partition coefficient (Wildman–Crippen LogP) is 7.94. The molecular formula is C44H26BN5. The quantitative estimate of drug-likeness (QED) is 0.185. The van der Waals surface area contributed by atoms with Crippen molar-refractivity contribution in [2.75, 3.05) is 0 Å². The van der Waals surface area contributed by atoms with Crippen LogP contribution in [-0.4, -0.2) is 30.4 Å². The van der Waals surface area contributed by atoms with Gasteiger partial charge in [-0.25, -0.2) is 9.97 Å². The van der Waals surface area contributed by atoms with Crippen molar-refractivity contribution in [3.8, 4) is 39.8 Å². The van der Waals surface area contributed by atoms with E-state index in [-0.39, 0.29) is 6.71 Å². The van der Waals surface area contributed by atoms with E-state index >= 15 is 0 Å². The van der Waals surface area contributed by atoms with E-state index in [0.717, 1.165) is 50.9 Å². The second-order valence-electron chi connectivity index (χ2n) is 13.4. The van der Waals surface area contributed by atoms with Crippen LogP contribution in [0.5, 0.6) is 0 Å². The van der Waals surface area contributed by atoms with Gasteiger partial charge in [0.05, 0.1) is 38.8 Å². The monoisotopic (exact) mass is 635 g/mol. The van der Waals surface area contributed by atoms with E-state index in [4.69, 9.17) is 9.97 Å². The summed E-state index contributed by atoms with van der Waals surface area (Å²) in [5.41, 5.74) is 16.1. The van der Waals surface area contributed by atoms with Crippen molar-refractivity contribution < 1.29 is 0 Å². The van der Waals surface area contributed by atoms with Gasteiger partial charge in [-0.05, 0) is 52.8 Å². The lowest BCUT2D eigenvalue weighted by Gasteiger charge is -2.34. The average Bonchev–Trinajstić information content (AvgIpc) is 3.87. The third-order valence-corrected chi connectivity index (χ3v) is 10.8. The summed E-state index contributed by atoms with van der Waals surface area (Å²) in [4.78, 5) is 10.7. The standard InChI is InChI=1S/C44H26BN5/c1-3-13-27(14-4-1)43-46-34-21-11-19-32-41(34)49(43)38-25-29(48-36-23-9-7-17-30(36)31-18-8-10-24-37(31)48)26-39-40(38)45(32)33-20-12-22-35-42(33)50(39)44(47-35)28-15-5-2-6-16-28/h1-26H. The largest absolute Gasteiger partial charge is 0.309 e. The molecule has 10 aromatic rings. The third-order valence-electron chi connectivity index (χ3n) is 10.8. The second kappa shape index (κ2) is 9.49. The topological polar surface area (TPSA) is 40.6 Å². The molecule has 0 N–H and O–H groups in total. The van der Waals surface area contributed by atoms with Gasteiger partial charge in [0, 0.05) is 33.3 Å². The van der Waals surface area contributed by atoms with Crippen molar-refractivity contribution in [3.05, 3.63) is 158 Å². The molecule has 230 valence electrons. The molecule has 0 atom stereocenters. The molecule has 0 amide bonds. The van der Waals surface area contributed by atoms with Gasteiger partial charge in [-0.2, -0.15) is 0 Å². The van der Waals surface area contributed by atoms with E-state index in [9.17, 15) is 0 Å². The Morgan fingerprint density at radius 2 is 0.880 bits per heavy atom. The highest BCUT2D eigenvalue weighted by Gasteiger charge is 2.42. The normalized spacial score (nSPS) is 12.8. The van der Waals surface area contributed by atoms with Crippen LogP contribution in [0.25, 0.3) is 83.7 Å². The molecule has 0 unspecified atom stereocenters. The fraction of sp³-hybridized carbons (Fsp3) is 0. The van der Waals surface area contributed by atoms with E-state index in [1.54, 1.807) is 0 Å². The van der Waals surface area contributed by atoms with Crippen molar-refractivity contribution in [1.82, 2.24) is 23.7 Å². The first-order chi connectivity index (χ1) is 24.8. The SMILES string of the molecule is c1ccc(-c2nc3cccc4c3n2-c2cc(-n3c5ccccc5c5ccccc53)cc3c2B4c2cccc4nc(-c5ccccc5)n-3c24)cc1. The molecule has 0 radical (unpaired) electrons. The van der Waals surface area contributed by atoms with Crippen molar-refractivity contribution in [2.45, 2.75) is 0 Å². The third kappa shape index (κ3) is 3.28. The van der Waals surface area contributed by atoms with Crippen LogP contribution in [0.4, 0.5) is 0 Å². The Labute approximate surface area is 287 Å². The maximum atomic E-state index is 5.35. The zero-order chi connectivity index (χ0) is 32.5. The zero-order valence-electron chi connectivity index (χ0n) is 26.8. The Bertz CT molecular complexity index is 2840. The Morgan fingerprint density at radius 3 is 1.38 bits per heavy atom. The number of hydrogen-bond donors (Lipinski definition) is 0. The number of para-hydroxylation sites is 4. The summed E-state index contributed by atoms with van der Waals surface area (Å²) >= 11 is 0. The highest BCUT2D eigenvalue weighted by Crippen LogP contribution is 2.39. The Kier molecular flexibility index (Phi) is 4.99. The summed E-state index contributed by atoms with van der Waals surface area (Å²) in [6.45, 7) is 0.0280. The molecule has 7 aromatic carbocycles. The van der Waals surface area contributed by atoms with Crippen LogP contribution < -0.4 is 16.4 Å². The minimum Gasteiger partial charge on any atom is -0.309 e. The van der Waals surface area contributed by atoms with E-state index in [2.05, 4.69) is 171 Å². The van der Waals surface area contributed by atoms with Crippen LogP contribution in [-0.2, 0) is 0 Å². The number of nitrogens with zero attached hydrogens (tertiary/aromatic N) is 5. The van der Waals surface area contributed by atoms with Gasteiger partial charge in [-0.3, -0.25) is 9.13 Å². The number of aromatic nitrogens is 5. The molecule has 0 saturated carbocycles. The number of imidazole rings is 2. The van der Waals surface area contributed by atoms with Crippen LogP contribution in [0, 0.1) is 0 Å². The van der Waals surface area contributed by atoms with Gasteiger partial charge in [-0.1, -0.05) is 121 Å². The molecule has 0 saturated heterocycles. The molecule has 5 heterocycles. The Hall–Kier alpha value is -6.66. The van der Waals surface area contributed by atoms with Crippen LogP contribution in [0.1, 0.15) is 0 Å². The summed E-state index contributed by atoms with van der Waals surface area (Å²) in [7, 11) is 0. The van der Waals surface area contributed by atoms with Crippen LogP contribution >= 0.6 is 0 Å². The summed E-state index contributed by atoms with van der Waals surface area (Å²) in [5, 5.41) is 2.49. The van der Waals surface area contributed by atoms with Gasteiger partial charge in [0.15, 0.2) is 0 Å². The van der Waals surface area contributed by atoms with Crippen molar-refractivity contribution in [2.24, 2.45) is 0 Å². The number of benzene rings is 7. The lowest BCUT2D eigenvalue weighted by atomic mass is 9.34. The molecule has 2 aliphatic heterocycles. The molecule has 6 heteroatoms. The van der Waals surface area contributed by atoms with Crippen LogP contribution in [0.2, 0.25) is 0 Å². The highest BCUT2D eigenvalue weighted by molar-refractivity contribution is 7.00. The summed E-state index contributed by atoms with van der Waals surface area (Å²) < 4.78 is 7.29. The maximum absolute atomic E-state index is 5.35. The van der Waals surface area contributed by atoms with Crippen LogP contribution in [0.3, 0.4) is 0 Å². The lowest BCUT2D eigenvalue weighted by Crippen LogP contribution is -2.59. The smallest absolute Gasteiger partial charge is 0.252 e. The van der Waals surface area contributed by atoms with Crippen molar-refractivity contribution in [1.29, 1.82) is 0 Å². The van der Waals surface area contributed by atoms with Crippen molar-refractivity contribution >= 4 is 67.0 Å². The first-order valence-corrected chi connectivity index (χ1v) is 17.1. The van der Waals surface area contributed by atoms with E-state index in [1.165, 1.54) is 49.2 Å². The fourth-order valence-electron chi connectivity index (χ4n) is 8.88. The number of fused-ring (bicyclic) bond motifs is 7. The summed E-state index contributed by atoms with van der Waals surface area (Å²) in [5.74, 6) is 1.90. The minimum absolute atomic E-state index is 0.0280. The van der Waals surface area contributed by atoms with Gasteiger partial charge in [0.2, 0.25) is 0 Å². The van der Waals surface area contributed by atoms with Gasteiger partial charge in [0.1, 0.15) is 11.6 Å². The highest BCUT2D eigenvalue weighted by atomic mass is 15.1. The van der Waals surface area contributed by atoms with Gasteiger partial charge in [-0.15, -0.1) is 0 Å². The number of rotatable bonds is 3. The first kappa shape index (κ1) is 26.3. The lowest BCUT2D eigenvalue weighted by molar-refractivity contribution is 1.06. The minimum atomic E-state index is 0.0280. The molecule has 2 aliphatic rings. The molecule has 0 fully saturated rings. The predicted molar refractivity (Wildman–Crippen MR) is 206 cm³/mol. The fourth-order valence-corrected chi connectivity index (χ4v) is 8.88. The van der Waals surface area contributed by atoms with Gasteiger partial charge < -0.3 is 4.57 Å². The molecule has 0 spiro atoms. The molecule has 0 bridgehead atoms. The van der Waals surface area contributed by atoms with Gasteiger partial charge in [0.25, 0.3) is 6.71 Å². The first-order valence-electron chi connectivity index (χ1n) is 17.1. The van der Waals surface area contributed by atoms with Crippen LogP contribution in [0.15, 0.2) is 158 Å². The van der Waals surface area contributed by atoms with Gasteiger partial charge >= 0.3 is 0 Å². The van der Waals surface area contributed by atoms with Crippen molar-refractivity contribution in [3.63, 3.8) is 0 Å². The molecule has 5 nitrogen and oxygen atoms in total. The number of hydrogen-bond acceptors (Lipinski definition) is 2. The average molecular weight is 636 g/mol. The van der Waals surface area contributed by atoms with E-state index in [0.29, 0.717) is 0 Å². The second-order valence-corrected chi connectivity index (χ2v) is 13.4. The molecule has 3 aromatic heterocycles. The maximum Gasteiger partial charge on any atom is 0.252 e.